The lowest BCUT2D eigenvalue weighted by Crippen LogP contribution is -2.17. The zero-order valence-electron chi connectivity index (χ0n) is 8.78. The SMILES string of the molecule is CC(C)(C)O/N=C(\Br)C(=O)c1cccs1. The number of halogens is 1. The van der Waals surface area contributed by atoms with E-state index in [1.165, 1.54) is 11.3 Å². The van der Waals surface area contributed by atoms with Gasteiger partial charge >= 0.3 is 0 Å². The van der Waals surface area contributed by atoms with Crippen molar-refractivity contribution in [3.63, 3.8) is 0 Å². The minimum atomic E-state index is -0.394. The Hall–Kier alpha value is -0.680. The van der Waals surface area contributed by atoms with Gasteiger partial charge in [0, 0.05) is 0 Å². The van der Waals surface area contributed by atoms with E-state index in [0.717, 1.165) is 0 Å². The predicted octanol–water partition coefficient (Wildman–Crippen LogP) is 3.45. The number of nitrogens with zero attached hydrogens (tertiary/aromatic N) is 1. The fourth-order valence-corrected chi connectivity index (χ4v) is 1.81. The van der Waals surface area contributed by atoms with Gasteiger partial charge in [-0.1, -0.05) is 11.2 Å². The summed E-state index contributed by atoms with van der Waals surface area (Å²) in [6.07, 6.45) is 0. The molecule has 0 aromatic carbocycles. The van der Waals surface area contributed by atoms with Crippen LogP contribution in [0.1, 0.15) is 30.4 Å². The molecular formula is C10H12BrNO2S. The minimum absolute atomic E-state index is 0.158. The molecule has 0 amide bonds. The Morgan fingerprint density at radius 2 is 2.20 bits per heavy atom. The Balaban J connectivity index is 2.69. The highest BCUT2D eigenvalue weighted by Gasteiger charge is 2.15. The fourth-order valence-electron chi connectivity index (χ4n) is 0.728. The predicted molar refractivity (Wildman–Crippen MR) is 65.8 cm³/mol. The average molecular weight is 290 g/mol. The van der Waals surface area contributed by atoms with E-state index >= 15 is 0 Å². The van der Waals surface area contributed by atoms with Gasteiger partial charge in [-0.3, -0.25) is 4.79 Å². The molecule has 1 aromatic heterocycles. The summed E-state index contributed by atoms with van der Waals surface area (Å²) >= 11 is 4.48. The Morgan fingerprint density at radius 1 is 1.53 bits per heavy atom. The first-order chi connectivity index (χ1) is 6.90. The van der Waals surface area contributed by atoms with Gasteiger partial charge in [0.1, 0.15) is 5.60 Å². The van der Waals surface area contributed by atoms with Crippen LogP contribution in [-0.4, -0.2) is 16.0 Å². The molecule has 0 spiro atoms. The number of carbonyl (C=O) groups excluding carboxylic acids is 1. The quantitative estimate of drug-likeness (QED) is 0.486. The first-order valence-corrected chi connectivity index (χ1v) is 6.07. The molecule has 82 valence electrons. The zero-order valence-corrected chi connectivity index (χ0v) is 11.2. The van der Waals surface area contributed by atoms with Crippen molar-refractivity contribution in [1.82, 2.24) is 0 Å². The Kier molecular flexibility index (Phi) is 4.04. The molecule has 5 heteroatoms. The lowest BCUT2D eigenvalue weighted by molar-refractivity contribution is 0.00157. The highest BCUT2D eigenvalue weighted by Crippen LogP contribution is 2.14. The number of thiophene rings is 1. The fraction of sp³-hybridized carbons (Fsp3) is 0.400. The van der Waals surface area contributed by atoms with Crippen molar-refractivity contribution < 1.29 is 9.63 Å². The summed E-state index contributed by atoms with van der Waals surface area (Å²) in [6, 6.07) is 3.57. The van der Waals surface area contributed by atoms with Crippen LogP contribution in [0.2, 0.25) is 0 Å². The molecule has 0 aliphatic rings. The number of ketones is 1. The molecule has 0 atom stereocenters. The van der Waals surface area contributed by atoms with Crippen molar-refractivity contribution in [2.75, 3.05) is 0 Å². The molecule has 0 aliphatic heterocycles. The van der Waals surface area contributed by atoms with E-state index in [-0.39, 0.29) is 10.4 Å². The molecule has 3 nitrogen and oxygen atoms in total. The van der Waals surface area contributed by atoms with Crippen LogP contribution >= 0.6 is 27.3 Å². The largest absolute Gasteiger partial charge is 0.389 e. The molecule has 0 radical (unpaired) electrons. The molecule has 0 saturated carbocycles. The van der Waals surface area contributed by atoms with Gasteiger partial charge < -0.3 is 4.84 Å². The first kappa shape index (κ1) is 12.4. The van der Waals surface area contributed by atoms with Gasteiger partial charge in [0.2, 0.25) is 5.78 Å². The van der Waals surface area contributed by atoms with Crippen molar-refractivity contribution in [3.05, 3.63) is 22.4 Å². The summed E-state index contributed by atoms with van der Waals surface area (Å²) in [5, 5.41) is 5.59. The number of Topliss-reactive ketones (excluding diaryl/α,β-unsaturated/α-hetero) is 1. The summed E-state index contributed by atoms with van der Waals surface area (Å²) in [4.78, 5) is 17.5. The third-order valence-corrected chi connectivity index (χ3v) is 2.71. The lowest BCUT2D eigenvalue weighted by Gasteiger charge is -2.15. The molecule has 0 aliphatic carbocycles. The van der Waals surface area contributed by atoms with Gasteiger partial charge in [-0.25, -0.2) is 0 Å². The summed E-state index contributed by atoms with van der Waals surface area (Å²) in [5.41, 5.74) is -0.394. The highest BCUT2D eigenvalue weighted by atomic mass is 79.9. The van der Waals surface area contributed by atoms with Crippen LogP contribution in [0.5, 0.6) is 0 Å². The van der Waals surface area contributed by atoms with Crippen molar-refractivity contribution in [1.29, 1.82) is 0 Å². The van der Waals surface area contributed by atoms with Gasteiger partial charge in [-0.2, -0.15) is 0 Å². The van der Waals surface area contributed by atoms with Crippen molar-refractivity contribution in [2.45, 2.75) is 26.4 Å². The van der Waals surface area contributed by atoms with Crippen molar-refractivity contribution in [2.24, 2.45) is 5.16 Å². The van der Waals surface area contributed by atoms with Crippen LogP contribution in [0.3, 0.4) is 0 Å². The van der Waals surface area contributed by atoms with E-state index in [1.807, 2.05) is 32.2 Å². The lowest BCUT2D eigenvalue weighted by atomic mass is 10.2. The van der Waals surface area contributed by atoms with E-state index in [9.17, 15) is 4.79 Å². The molecule has 0 fully saturated rings. The van der Waals surface area contributed by atoms with Crippen LogP contribution in [0.15, 0.2) is 22.7 Å². The third-order valence-electron chi connectivity index (χ3n) is 1.33. The second kappa shape index (κ2) is 4.90. The standard InChI is InChI=1S/C10H12BrNO2S/c1-10(2,3)14-12-9(11)8(13)7-5-4-6-15-7/h4-6H,1-3H3/b12-9-. The minimum Gasteiger partial charge on any atom is -0.389 e. The van der Waals surface area contributed by atoms with E-state index < -0.39 is 5.60 Å². The summed E-state index contributed by atoms with van der Waals surface area (Å²) in [5.74, 6) is -0.158. The second-order valence-electron chi connectivity index (χ2n) is 3.89. The van der Waals surface area contributed by atoms with Gasteiger partial charge in [0.25, 0.3) is 0 Å². The maximum atomic E-state index is 11.7. The van der Waals surface area contributed by atoms with Crippen LogP contribution in [-0.2, 0) is 4.84 Å². The smallest absolute Gasteiger partial charge is 0.231 e. The summed E-state index contributed by atoms with van der Waals surface area (Å²) < 4.78 is 0.194. The highest BCUT2D eigenvalue weighted by molar-refractivity contribution is 9.19. The maximum Gasteiger partial charge on any atom is 0.231 e. The number of oxime groups is 1. The van der Waals surface area contributed by atoms with E-state index in [1.54, 1.807) is 6.07 Å². The van der Waals surface area contributed by atoms with Crippen molar-refractivity contribution >= 4 is 37.7 Å². The topological polar surface area (TPSA) is 38.7 Å². The monoisotopic (exact) mass is 289 g/mol. The van der Waals surface area contributed by atoms with Crippen molar-refractivity contribution in [3.8, 4) is 0 Å². The molecule has 15 heavy (non-hydrogen) atoms. The Morgan fingerprint density at radius 3 is 2.67 bits per heavy atom. The number of hydrogen-bond donors (Lipinski definition) is 0. The molecular weight excluding hydrogens is 278 g/mol. The van der Waals surface area contributed by atoms with Crippen LogP contribution in [0.4, 0.5) is 0 Å². The molecule has 0 N–H and O–H groups in total. The van der Waals surface area contributed by atoms with Crippen LogP contribution in [0, 0.1) is 0 Å². The van der Waals surface area contributed by atoms with Gasteiger partial charge in [-0.05, 0) is 48.1 Å². The molecule has 1 aromatic rings. The summed E-state index contributed by atoms with van der Waals surface area (Å²) in [6.45, 7) is 5.60. The zero-order chi connectivity index (χ0) is 11.5. The average Bonchev–Trinajstić information content (AvgIpc) is 2.64. The molecule has 0 unspecified atom stereocenters. The third kappa shape index (κ3) is 4.13. The molecule has 0 saturated heterocycles. The van der Waals surface area contributed by atoms with Crippen LogP contribution < -0.4 is 0 Å². The number of hydrogen-bond acceptors (Lipinski definition) is 4. The molecule has 1 heterocycles. The van der Waals surface area contributed by atoms with Gasteiger partial charge in [0.15, 0.2) is 4.62 Å². The summed E-state index contributed by atoms with van der Waals surface area (Å²) in [7, 11) is 0. The van der Waals surface area contributed by atoms with Gasteiger partial charge in [0.05, 0.1) is 4.88 Å². The Bertz CT molecular complexity index is 365. The van der Waals surface area contributed by atoms with Crippen LogP contribution in [0.25, 0.3) is 0 Å². The number of carbonyl (C=O) groups is 1. The maximum absolute atomic E-state index is 11.7. The normalized spacial score (nSPS) is 12.7. The first-order valence-electron chi connectivity index (χ1n) is 4.40. The Labute approximate surface area is 101 Å². The van der Waals surface area contributed by atoms with Gasteiger partial charge in [-0.15, -0.1) is 11.3 Å². The molecule has 1 rings (SSSR count). The van der Waals surface area contributed by atoms with E-state index in [2.05, 4.69) is 21.1 Å². The second-order valence-corrected chi connectivity index (χ2v) is 5.59. The number of rotatable bonds is 3. The molecule has 0 bridgehead atoms. The van der Waals surface area contributed by atoms with E-state index in [4.69, 9.17) is 4.84 Å². The van der Waals surface area contributed by atoms with E-state index in [0.29, 0.717) is 4.88 Å².